The molecule has 5 N–H and O–H groups in total. The normalized spacial score (nSPS) is 31.0. The van der Waals surface area contributed by atoms with Crippen LogP contribution < -0.4 is 5.73 Å². The van der Waals surface area contributed by atoms with Gasteiger partial charge in [-0.2, -0.15) is 25.3 Å². The monoisotopic (exact) mass is 365 g/mol. The Hall–Kier alpha value is -0.870. The van der Waals surface area contributed by atoms with Gasteiger partial charge in [0.05, 0.1) is 0 Å². The van der Waals surface area contributed by atoms with Crippen LogP contribution in [0.1, 0.15) is 0 Å². The van der Waals surface area contributed by atoms with Gasteiger partial charge in [0.15, 0.2) is 0 Å². The Bertz CT molecular complexity index is 820. The van der Waals surface area contributed by atoms with Gasteiger partial charge in [-0.3, -0.25) is 13.7 Å². The number of methoxy groups -OCH3 is 1. The minimum absolute atomic E-state index is 0.383. The van der Waals surface area contributed by atoms with Crippen molar-refractivity contribution in [3.8, 4) is 0 Å². The van der Waals surface area contributed by atoms with E-state index in [1.165, 1.54) is 0 Å². The molecule has 0 saturated carbocycles. The molecule has 0 amide bonds. The molecule has 122 valence electrons. The second kappa shape index (κ2) is 4.82. The third-order valence-corrected chi connectivity index (χ3v) is 6.75. The second-order valence-electron chi connectivity index (χ2n) is 3.93. The van der Waals surface area contributed by atoms with Crippen LogP contribution in [0, 0.1) is 0 Å². The van der Waals surface area contributed by atoms with Crippen LogP contribution >= 0.6 is 0 Å². The zero-order valence-electron chi connectivity index (χ0n) is 10.2. The van der Waals surface area contributed by atoms with Crippen molar-refractivity contribution < 1.29 is 43.6 Å². The van der Waals surface area contributed by atoms with E-state index >= 15 is 0 Å². The highest BCUT2D eigenvalue weighted by atomic mass is 32.2. The lowest BCUT2D eigenvalue weighted by atomic mass is 10.0. The SMILES string of the molecule is COC1(S(=O)(=O)O)C(S(=O)(=O)O)=CC=CC1(N)S(=O)(=O)O. The maximum absolute atomic E-state index is 11.6. The molecular weight excluding hydrogens is 354 g/mol. The van der Waals surface area contributed by atoms with Gasteiger partial charge in [-0.05, 0) is 12.2 Å². The van der Waals surface area contributed by atoms with E-state index < -0.39 is 45.1 Å². The van der Waals surface area contributed by atoms with Gasteiger partial charge in [0.2, 0.25) is 4.87 Å². The lowest BCUT2D eigenvalue weighted by molar-refractivity contribution is 0.0617. The van der Waals surface area contributed by atoms with Crippen LogP contribution in [0.15, 0.2) is 23.1 Å². The van der Waals surface area contributed by atoms with Crippen LogP contribution in [-0.2, 0) is 35.1 Å². The molecule has 1 rings (SSSR count). The standard InChI is InChI=1S/C7H11NO10S3/c1-18-7(21(15,16)17)5(19(9,10)11)3-2-4-6(7,8)20(12,13)14/h2-4H,8H2,1H3,(H,9,10,11)(H,12,13,14)(H,15,16,17). The van der Waals surface area contributed by atoms with E-state index in [2.05, 4.69) is 4.74 Å². The van der Waals surface area contributed by atoms with E-state index in [4.69, 9.17) is 14.8 Å². The summed E-state index contributed by atoms with van der Waals surface area (Å²) >= 11 is 0. The summed E-state index contributed by atoms with van der Waals surface area (Å²) < 4.78 is 100. The van der Waals surface area contributed by atoms with Gasteiger partial charge in [0.25, 0.3) is 25.2 Å². The van der Waals surface area contributed by atoms with Gasteiger partial charge in [-0.25, -0.2) is 0 Å². The third-order valence-electron chi connectivity index (χ3n) is 2.79. The van der Waals surface area contributed by atoms with Crippen LogP contribution in [0.3, 0.4) is 0 Å². The molecule has 0 aromatic heterocycles. The largest absolute Gasteiger partial charge is 0.353 e. The van der Waals surface area contributed by atoms with E-state index in [9.17, 15) is 29.8 Å². The van der Waals surface area contributed by atoms with Gasteiger partial charge in [0, 0.05) is 7.11 Å². The van der Waals surface area contributed by atoms with Gasteiger partial charge in [0.1, 0.15) is 4.91 Å². The van der Waals surface area contributed by atoms with Gasteiger partial charge in [-0.1, -0.05) is 6.08 Å². The molecule has 0 aliphatic heterocycles. The smallest absolute Gasteiger partial charge is 0.304 e. The summed E-state index contributed by atoms with van der Waals surface area (Å²) in [4.78, 5) is -8.71. The molecule has 0 aromatic carbocycles. The molecule has 0 heterocycles. The highest BCUT2D eigenvalue weighted by Crippen LogP contribution is 2.44. The summed E-state index contributed by atoms with van der Waals surface area (Å²) in [5, 5.41) is 0. The number of hydrogen-bond acceptors (Lipinski definition) is 8. The van der Waals surface area contributed by atoms with Crippen molar-refractivity contribution in [1.82, 2.24) is 0 Å². The number of hydrogen-bond donors (Lipinski definition) is 4. The van der Waals surface area contributed by atoms with E-state index in [0.29, 0.717) is 25.3 Å². The maximum atomic E-state index is 11.6. The van der Waals surface area contributed by atoms with Crippen LogP contribution in [0.25, 0.3) is 0 Å². The Balaban J connectivity index is 4.09. The van der Waals surface area contributed by atoms with Crippen LogP contribution in [-0.4, -0.2) is 55.8 Å². The summed E-state index contributed by atoms with van der Waals surface area (Å²) in [5.74, 6) is 0. The fourth-order valence-electron chi connectivity index (χ4n) is 1.90. The molecule has 11 nitrogen and oxygen atoms in total. The van der Waals surface area contributed by atoms with E-state index in [1.807, 2.05) is 0 Å². The molecule has 0 saturated heterocycles. The minimum Gasteiger partial charge on any atom is -0.353 e. The first kappa shape index (κ1) is 18.2. The quantitative estimate of drug-likeness (QED) is 0.406. The van der Waals surface area contributed by atoms with Crippen molar-refractivity contribution in [1.29, 1.82) is 0 Å². The summed E-state index contributed by atoms with van der Waals surface area (Å²) in [6, 6.07) is 0. The highest BCUT2D eigenvalue weighted by molar-refractivity contribution is 7.95. The summed E-state index contributed by atoms with van der Waals surface area (Å²) in [7, 11) is -16.1. The molecule has 0 fully saturated rings. The van der Waals surface area contributed by atoms with Crippen LogP contribution in [0.5, 0.6) is 0 Å². The molecule has 0 spiro atoms. The molecule has 0 radical (unpaired) electrons. The lowest BCUT2D eigenvalue weighted by Gasteiger charge is -2.41. The molecular formula is C7H11NO10S3. The first-order valence-corrected chi connectivity index (χ1v) is 9.13. The molecule has 1 aliphatic carbocycles. The number of rotatable bonds is 4. The lowest BCUT2D eigenvalue weighted by Crippen LogP contribution is -2.70. The molecule has 0 bridgehead atoms. The Morgan fingerprint density at radius 3 is 1.81 bits per heavy atom. The van der Waals surface area contributed by atoms with Crippen molar-refractivity contribution in [3.63, 3.8) is 0 Å². The predicted octanol–water partition coefficient (Wildman–Crippen LogP) is -1.90. The topological polar surface area (TPSA) is 198 Å². The summed E-state index contributed by atoms with van der Waals surface area (Å²) in [6.07, 6.45) is 1.48. The Kier molecular flexibility index (Phi) is 4.17. The molecule has 1 aliphatic rings. The zero-order valence-corrected chi connectivity index (χ0v) is 12.7. The second-order valence-corrected chi connectivity index (χ2v) is 8.47. The average molecular weight is 365 g/mol. The summed E-state index contributed by atoms with van der Waals surface area (Å²) in [6.45, 7) is 0. The van der Waals surface area contributed by atoms with Crippen LogP contribution in [0.4, 0.5) is 0 Å². The number of nitrogens with two attached hydrogens (primary N) is 1. The minimum atomic E-state index is -5.71. The van der Waals surface area contributed by atoms with Crippen molar-refractivity contribution in [2.45, 2.75) is 9.80 Å². The first-order valence-electron chi connectivity index (χ1n) is 4.81. The molecule has 14 heteroatoms. The van der Waals surface area contributed by atoms with Crippen molar-refractivity contribution in [3.05, 3.63) is 23.1 Å². The zero-order chi connectivity index (χ0) is 16.9. The fraction of sp³-hybridized carbons (Fsp3) is 0.429. The van der Waals surface area contributed by atoms with Crippen molar-refractivity contribution in [2.75, 3.05) is 7.11 Å². The first-order chi connectivity index (χ1) is 9.15. The Morgan fingerprint density at radius 2 is 1.52 bits per heavy atom. The fourth-order valence-corrected chi connectivity index (χ4v) is 5.85. The predicted molar refractivity (Wildman–Crippen MR) is 68.5 cm³/mol. The molecule has 2 atom stereocenters. The Morgan fingerprint density at radius 1 is 1.05 bits per heavy atom. The summed E-state index contributed by atoms with van der Waals surface area (Å²) in [5.41, 5.74) is 5.29. The van der Waals surface area contributed by atoms with Crippen LogP contribution in [0.2, 0.25) is 0 Å². The number of ether oxygens (including phenoxy) is 1. The van der Waals surface area contributed by atoms with Gasteiger partial charge < -0.3 is 10.5 Å². The molecule has 21 heavy (non-hydrogen) atoms. The third kappa shape index (κ3) is 2.42. The van der Waals surface area contributed by atoms with E-state index in [-0.39, 0.29) is 0 Å². The van der Waals surface area contributed by atoms with E-state index in [0.717, 1.165) is 0 Å². The number of allylic oxidation sites excluding steroid dienone is 2. The molecule has 0 aromatic rings. The van der Waals surface area contributed by atoms with E-state index in [1.54, 1.807) is 0 Å². The van der Waals surface area contributed by atoms with Gasteiger partial charge in [-0.15, -0.1) is 0 Å². The van der Waals surface area contributed by atoms with Gasteiger partial charge >= 0.3 is 10.1 Å². The maximum Gasteiger partial charge on any atom is 0.304 e. The Labute approximate surface area is 120 Å². The molecule has 2 unspecified atom stereocenters. The highest BCUT2D eigenvalue weighted by Gasteiger charge is 2.70. The average Bonchev–Trinajstić information content (AvgIpc) is 2.24. The van der Waals surface area contributed by atoms with Crippen molar-refractivity contribution >= 4 is 30.4 Å². The van der Waals surface area contributed by atoms with Crippen molar-refractivity contribution in [2.24, 2.45) is 5.73 Å².